The van der Waals surface area contributed by atoms with Gasteiger partial charge in [-0.25, -0.2) is 0 Å². The molecule has 0 spiro atoms. The molecule has 118 valence electrons. The van der Waals surface area contributed by atoms with Gasteiger partial charge in [0.1, 0.15) is 0 Å². The number of carbonyl (C=O) groups is 2. The van der Waals surface area contributed by atoms with Gasteiger partial charge in [-0.3, -0.25) is 14.5 Å². The maximum Gasteiger partial charge on any atom is 0.312 e. The first-order valence-electron chi connectivity index (χ1n) is 7.69. The van der Waals surface area contributed by atoms with Gasteiger partial charge in [0.25, 0.3) is 0 Å². The molecule has 1 aromatic rings. The third kappa shape index (κ3) is 2.61. The predicted molar refractivity (Wildman–Crippen MR) is 82.0 cm³/mol. The number of methoxy groups -OCH3 is 1. The van der Waals surface area contributed by atoms with E-state index in [0.29, 0.717) is 26.1 Å². The van der Waals surface area contributed by atoms with Crippen molar-refractivity contribution in [3.05, 3.63) is 35.9 Å². The quantitative estimate of drug-likeness (QED) is 0.789. The van der Waals surface area contributed by atoms with E-state index in [-0.39, 0.29) is 17.9 Å². The summed E-state index contributed by atoms with van der Waals surface area (Å²) in [5.41, 5.74) is 0.565. The highest BCUT2D eigenvalue weighted by atomic mass is 16.5. The molecule has 2 fully saturated rings. The number of rotatable bonds is 3. The highest BCUT2D eigenvalue weighted by molar-refractivity contribution is 5.86. The zero-order valence-electron chi connectivity index (χ0n) is 13.1. The minimum absolute atomic E-state index is 0.128. The van der Waals surface area contributed by atoms with Crippen molar-refractivity contribution in [2.24, 2.45) is 5.41 Å². The van der Waals surface area contributed by atoms with Crippen LogP contribution in [0.4, 0.5) is 0 Å². The van der Waals surface area contributed by atoms with E-state index in [2.05, 4.69) is 4.90 Å². The number of hydrogen-bond donors (Lipinski definition) is 0. The van der Waals surface area contributed by atoms with Crippen LogP contribution in [0.2, 0.25) is 0 Å². The van der Waals surface area contributed by atoms with E-state index in [1.807, 2.05) is 42.2 Å². The fraction of sp³-hybridized carbons (Fsp3) is 0.529. The van der Waals surface area contributed by atoms with E-state index in [9.17, 15) is 9.59 Å². The first-order chi connectivity index (χ1) is 10.5. The average molecular weight is 302 g/mol. The van der Waals surface area contributed by atoms with Gasteiger partial charge < -0.3 is 9.64 Å². The summed E-state index contributed by atoms with van der Waals surface area (Å²) in [5, 5.41) is 0. The molecular formula is C17H22N2O3. The Hall–Kier alpha value is -1.88. The van der Waals surface area contributed by atoms with Gasteiger partial charge in [0.15, 0.2) is 0 Å². The summed E-state index contributed by atoms with van der Waals surface area (Å²) in [7, 11) is 1.41. The van der Waals surface area contributed by atoms with E-state index >= 15 is 0 Å². The molecule has 2 unspecified atom stereocenters. The molecular weight excluding hydrogens is 280 g/mol. The van der Waals surface area contributed by atoms with Crippen LogP contribution in [0.1, 0.15) is 18.9 Å². The van der Waals surface area contributed by atoms with Crippen molar-refractivity contribution in [3.63, 3.8) is 0 Å². The van der Waals surface area contributed by atoms with Crippen LogP contribution in [0.3, 0.4) is 0 Å². The van der Waals surface area contributed by atoms with Gasteiger partial charge in [-0.1, -0.05) is 30.3 Å². The molecule has 1 amide bonds. The Kier molecular flexibility index (Phi) is 3.91. The number of carbonyl (C=O) groups excluding carboxylic acids is 2. The van der Waals surface area contributed by atoms with Crippen LogP contribution >= 0.6 is 0 Å². The maximum atomic E-state index is 12.7. The SMILES string of the molecule is COC(=O)C1(C)CC2C(=O)N(Cc3ccccc3)CCN2C1. The molecule has 2 atom stereocenters. The van der Waals surface area contributed by atoms with Crippen LogP contribution in [-0.4, -0.2) is 54.5 Å². The Morgan fingerprint density at radius 2 is 2.05 bits per heavy atom. The zero-order chi connectivity index (χ0) is 15.7. The van der Waals surface area contributed by atoms with Gasteiger partial charge in [0.2, 0.25) is 5.91 Å². The number of fused-ring (bicyclic) bond motifs is 1. The van der Waals surface area contributed by atoms with Crippen LogP contribution in [0.25, 0.3) is 0 Å². The largest absolute Gasteiger partial charge is 0.469 e. The van der Waals surface area contributed by atoms with Crippen molar-refractivity contribution < 1.29 is 14.3 Å². The average Bonchev–Trinajstić information content (AvgIpc) is 2.89. The minimum atomic E-state index is -0.572. The van der Waals surface area contributed by atoms with Crippen molar-refractivity contribution in [2.75, 3.05) is 26.7 Å². The first-order valence-corrected chi connectivity index (χ1v) is 7.69. The zero-order valence-corrected chi connectivity index (χ0v) is 13.1. The number of nitrogens with zero attached hydrogens (tertiary/aromatic N) is 2. The molecule has 2 heterocycles. The summed E-state index contributed by atoms with van der Waals surface area (Å²) < 4.78 is 4.91. The lowest BCUT2D eigenvalue weighted by Gasteiger charge is -2.36. The number of hydrogen-bond acceptors (Lipinski definition) is 4. The van der Waals surface area contributed by atoms with Crippen molar-refractivity contribution in [3.8, 4) is 0 Å². The fourth-order valence-corrected chi connectivity index (χ4v) is 3.58. The van der Waals surface area contributed by atoms with E-state index in [0.717, 1.165) is 12.1 Å². The normalized spacial score (nSPS) is 28.5. The Balaban J connectivity index is 1.72. The van der Waals surface area contributed by atoms with Crippen molar-refractivity contribution in [2.45, 2.75) is 25.9 Å². The second-order valence-electron chi connectivity index (χ2n) is 6.49. The molecule has 0 bridgehead atoms. The van der Waals surface area contributed by atoms with Crippen LogP contribution < -0.4 is 0 Å². The minimum Gasteiger partial charge on any atom is -0.469 e. The molecule has 3 rings (SSSR count). The van der Waals surface area contributed by atoms with E-state index in [1.54, 1.807) is 0 Å². The summed E-state index contributed by atoms with van der Waals surface area (Å²) >= 11 is 0. The molecule has 5 nitrogen and oxygen atoms in total. The monoisotopic (exact) mass is 302 g/mol. The van der Waals surface area contributed by atoms with Gasteiger partial charge in [-0.05, 0) is 18.9 Å². The van der Waals surface area contributed by atoms with Gasteiger partial charge in [0.05, 0.1) is 18.6 Å². The summed E-state index contributed by atoms with van der Waals surface area (Å²) in [6.45, 7) is 4.66. The number of esters is 1. The lowest BCUT2D eigenvalue weighted by atomic mass is 9.87. The van der Waals surface area contributed by atoms with Crippen molar-refractivity contribution in [1.82, 2.24) is 9.80 Å². The third-order valence-corrected chi connectivity index (χ3v) is 4.79. The standard InChI is InChI=1S/C17H22N2O3/c1-17(16(21)22-2)10-14-15(20)18(8-9-19(14)12-17)11-13-6-4-3-5-7-13/h3-7,14H,8-12H2,1-2H3. The Bertz CT molecular complexity index is 575. The molecule has 0 aromatic heterocycles. The number of amides is 1. The van der Waals surface area contributed by atoms with E-state index in [4.69, 9.17) is 4.74 Å². The van der Waals surface area contributed by atoms with Gasteiger partial charge in [-0.15, -0.1) is 0 Å². The molecule has 2 saturated heterocycles. The number of ether oxygens (including phenoxy) is 1. The molecule has 5 heteroatoms. The van der Waals surface area contributed by atoms with Crippen molar-refractivity contribution >= 4 is 11.9 Å². The molecule has 2 aliphatic heterocycles. The van der Waals surface area contributed by atoms with Crippen LogP contribution in [0.15, 0.2) is 30.3 Å². The Morgan fingerprint density at radius 1 is 1.32 bits per heavy atom. The topological polar surface area (TPSA) is 49.9 Å². The molecule has 0 saturated carbocycles. The third-order valence-electron chi connectivity index (χ3n) is 4.79. The summed E-state index contributed by atoms with van der Waals surface area (Å²) in [6, 6.07) is 9.82. The number of benzene rings is 1. The summed E-state index contributed by atoms with van der Waals surface area (Å²) in [5.74, 6) is -0.0907. The molecule has 0 aliphatic carbocycles. The molecule has 0 radical (unpaired) electrons. The van der Waals surface area contributed by atoms with Crippen LogP contribution in [0.5, 0.6) is 0 Å². The van der Waals surface area contributed by atoms with Gasteiger partial charge >= 0.3 is 5.97 Å². The highest BCUT2D eigenvalue weighted by Gasteiger charge is 2.51. The smallest absolute Gasteiger partial charge is 0.312 e. The van der Waals surface area contributed by atoms with E-state index < -0.39 is 5.41 Å². The van der Waals surface area contributed by atoms with Crippen LogP contribution in [0, 0.1) is 5.41 Å². The Morgan fingerprint density at radius 3 is 2.73 bits per heavy atom. The van der Waals surface area contributed by atoms with Gasteiger partial charge in [0, 0.05) is 26.2 Å². The Labute approximate surface area is 130 Å². The predicted octanol–water partition coefficient (Wildman–Crippen LogP) is 1.28. The summed E-state index contributed by atoms with van der Waals surface area (Å²) in [4.78, 5) is 28.8. The number of piperazine rings is 1. The second-order valence-corrected chi connectivity index (χ2v) is 6.49. The van der Waals surface area contributed by atoms with Gasteiger partial charge in [-0.2, -0.15) is 0 Å². The lowest BCUT2D eigenvalue weighted by Crippen LogP contribution is -2.53. The van der Waals surface area contributed by atoms with Crippen molar-refractivity contribution in [1.29, 1.82) is 0 Å². The first kappa shape index (κ1) is 15.0. The lowest BCUT2D eigenvalue weighted by molar-refractivity contribution is -0.151. The molecule has 0 N–H and O–H groups in total. The molecule has 22 heavy (non-hydrogen) atoms. The maximum absolute atomic E-state index is 12.7. The molecule has 2 aliphatic rings. The fourth-order valence-electron chi connectivity index (χ4n) is 3.58. The summed E-state index contributed by atoms with van der Waals surface area (Å²) in [6.07, 6.45) is 0.545. The highest BCUT2D eigenvalue weighted by Crippen LogP contribution is 2.37. The van der Waals surface area contributed by atoms with Crippen LogP contribution in [-0.2, 0) is 20.9 Å². The second kappa shape index (κ2) is 5.72. The molecule has 1 aromatic carbocycles. The van der Waals surface area contributed by atoms with E-state index in [1.165, 1.54) is 7.11 Å².